The molecule has 0 fully saturated rings. The van der Waals surface area contributed by atoms with Gasteiger partial charge in [-0.1, -0.05) is 24.3 Å². The number of carbonyl (C=O) groups excluding carboxylic acids is 1. The normalized spacial score (nSPS) is 17.3. The third-order valence-electron chi connectivity index (χ3n) is 6.06. The Hall–Kier alpha value is -4.12. The number of anilines is 3. The molecule has 0 unspecified atom stereocenters. The molecule has 2 aromatic heterocycles. The zero-order chi connectivity index (χ0) is 22.2. The Morgan fingerprint density at radius 2 is 1.85 bits per heavy atom. The number of nitrogens with zero attached hydrogens (tertiary/aromatic N) is 4. The second-order valence-corrected chi connectivity index (χ2v) is 8.29. The van der Waals surface area contributed by atoms with Crippen molar-refractivity contribution in [3.8, 4) is 0 Å². The number of amides is 1. The Kier molecular flexibility index (Phi) is 4.80. The van der Waals surface area contributed by atoms with Gasteiger partial charge in [-0.25, -0.2) is 9.97 Å². The first-order valence-corrected chi connectivity index (χ1v) is 10.9. The van der Waals surface area contributed by atoms with E-state index < -0.39 is 0 Å². The van der Waals surface area contributed by atoms with E-state index in [1.54, 1.807) is 12.4 Å². The minimum absolute atomic E-state index is 0.200. The fourth-order valence-corrected chi connectivity index (χ4v) is 4.38. The third kappa shape index (κ3) is 3.94. The highest BCUT2D eigenvalue weighted by molar-refractivity contribution is 6.02. The van der Waals surface area contributed by atoms with Gasteiger partial charge in [0.25, 0.3) is 11.9 Å². The Balaban J connectivity index is 1.05. The summed E-state index contributed by atoms with van der Waals surface area (Å²) >= 11 is 0. The number of benzene rings is 1. The van der Waals surface area contributed by atoms with Gasteiger partial charge in [0.1, 0.15) is 6.26 Å². The Labute approximate surface area is 189 Å². The average Bonchev–Trinajstić information content (AvgIpc) is 3.58. The number of fused-ring (bicyclic) bond motifs is 1. The summed E-state index contributed by atoms with van der Waals surface area (Å²) in [5.41, 5.74) is 14.6. The Morgan fingerprint density at radius 3 is 2.64 bits per heavy atom. The molecule has 0 saturated heterocycles. The molecule has 0 saturated carbocycles. The van der Waals surface area contributed by atoms with Crippen LogP contribution < -0.4 is 31.9 Å². The van der Waals surface area contributed by atoms with Crippen LogP contribution in [0.4, 0.5) is 17.7 Å². The number of aromatic nitrogens is 3. The van der Waals surface area contributed by atoms with Crippen molar-refractivity contribution in [1.82, 2.24) is 31.3 Å². The molecule has 5 N–H and O–H groups in total. The summed E-state index contributed by atoms with van der Waals surface area (Å²) in [6.07, 6.45) is 7.25. The molecule has 1 aromatic carbocycles. The van der Waals surface area contributed by atoms with Crippen LogP contribution in [0.25, 0.3) is 0 Å². The van der Waals surface area contributed by atoms with Gasteiger partial charge in [-0.05, 0) is 24.0 Å². The summed E-state index contributed by atoms with van der Waals surface area (Å²) in [5, 5.41) is 6.14. The lowest BCUT2D eigenvalue weighted by molar-refractivity contribution is 0.102. The summed E-state index contributed by atoms with van der Waals surface area (Å²) in [6.45, 7) is 1.36. The molecule has 6 rings (SSSR count). The monoisotopic (exact) mass is 445 g/mol. The molecule has 11 heteroatoms. The highest BCUT2D eigenvalue weighted by atomic mass is 16.4. The molecule has 1 amide bonds. The Bertz CT molecular complexity index is 1200. The van der Waals surface area contributed by atoms with Crippen LogP contribution >= 0.6 is 0 Å². The molecule has 0 atom stereocenters. The van der Waals surface area contributed by atoms with Gasteiger partial charge in [0.2, 0.25) is 5.95 Å². The van der Waals surface area contributed by atoms with Gasteiger partial charge in [0.15, 0.2) is 5.69 Å². The van der Waals surface area contributed by atoms with Crippen molar-refractivity contribution in [3.05, 3.63) is 71.1 Å². The van der Waals surface area contributed by atoms with Crippen LogP contribution in [0.5, 0.6) is 0 Å². The Morgan fingerprint density at radius 1 is 1.09 bits per heavy atom. The quantitative estimate of drug-likeness (QED) is 0.392. The summed E-state index contributed by atoms with van der Waals surface area (Å²) in [5.74, 6) is 0.164. The summed E-state index contributed by atoms with van der Waals surface area (Å²) in [7, 11) is 0. The van der Waals surface area contributed by atoms with Crippen molar-refractivity contribution in [2.75, 3.05) is 28.6 Å². The minimum atomic E-state index is -0.375. The van der Waals surface area contributed by atoms with Crippen LogP contribution in [0.1, 0.15) is 28.0 Å². The van der Waals surface area contributed by atoms with Crippen molar-refractivity contribution in [2.45, 2.75) is 25.3 Å². The van der Waals surface area contributed by atoms with Gasteiger partial charge in [0, 0.05) is 19.0 Å². The second kappa shape index (κ2) is 8.10. The van der Waals surface area contributed by atoms with Crippen LogP contribution in [0, 0.1) is 0 Å². The summed E-state index contributed by atoms with van der Waals surface area (Å²) < 4.78 is 5.55. The summed E-state index contributed by atoms with van der Waals surface area (Å²) in [4.78, 5) is 27.6. The van der Waals surface area contributed by atoms with Crippen LogP contribution in [-0.2, 0) is 12.8 Å². The molecule has 2 aliphatic heterocycles. The maximum atomic E-state index is 12.6. The van der Waals surface area contributed by atoms with E-state index in [9.17, 15) is 4.79 Å². The predicted octanol–water partition coefficient (Wildman–Crippen LogP) is 1.33. The highest BCUT2D eigenvalue weighted by Crippen LogP contribution is 2.24. The van der Waals surface area contributed by atoms with E-state index in [4.69, 9.17) is 4.42 Å². The average molecular weight is 445 g/mol. The molecule has 168 valence electrons. The fraction of sp³-hybridized carbons (Fsp3) is 0.273. The van der Waals surface area contributed by atoms with Crippen molar-refractivity contribution in [1.29, 1.82) is 0 Å². The van der Waals surface area contributed by atoms with E-state index in [1.165, 1.54) is 17.4 Å². The number of hydrogen-bond donors (Lipinski definition) is 5. The number of hydrazine groups is 2. The van der Waals surface area contributed by atoms with Crippen molar-refractivity contribution in [2.24, 2.45) is 0 Å². The largest absolute Gasteiger partial charge is 0.431 e. The van der Waals surface area contributed by atoms with Crippen LogP contribution in [0.2, 0.25) is 0 Å². The number of carbonyl (C=O) groups is 1. The molecule has 0 bridgehead atoms. The fourth-order valence-electron chi connectivity index (χ4n) is 4.38. The van der Waals surface area contributed by atoms with E-state index in [2.05, 4.69) is 66.2 Å². The number of nitrogens with one attached hydrogen (secondary N) is 5. The van der Waals surface area contributed by atoms with Crippen LogP contribution in [0.3, 0.4) is 0 Å². The van der Waals surface area contributed by atoms with Gasteiger partial charge < -0.3 is 30.8 Å². The van der Waals surface area contributed by atoms with Gasteiger partial charge in [-0.3, -0.25) is 4.79 Å². The first kappa shape index (κ1) is 19.6. The van der Waals surface area contributed by atoms with Gasteiger partial charge >= 0.3 is 0 Å². The van der Waals surface area contributed by atoms with Crippen LogP contribution in [0.15, 0.2) is 58.7 Å². The lowest BCUT2D eigenvalue weighted by Gasteiger charge is -2.25. The third-order valence-corrected chi connectivity index (χ3v) is 6.06. The summed E-state index contributed by atoms with van der Waals surface area (Å²) in [6, 6.07) is 9.12. The maximum Gasteiger partial charge on any atom is 0.298 e. The number of oxazole rings is 1. The molecule has 3 aliphatic rings. The van der Waals surface area contributed by atoms with E-state index in [-0.39, 0.29) is 17.6 Å². The molecular formula is C22H23N9O2. The zero-order valence-corrected chi connectivity index (χ0v) is 17.8. The van der Waals surface area contributed by atoms with Crippen molar-refractivity contribution in [3.63, 3.8) is 0 Å². The lowest BCUT2D eigenvalue weighted by atomic mass is 10.1. The molecule has 3 aromatic rings. The molecule has 1 aliphatic carbocycles. The van der Waals surface area contributed by atoms with Gasteiger partial charge in [-0.2, -0.15) is 10.5 Å². The minimum Gasteiger partial charge on any atom is -0.431 e. The number of hydrogen-bond acceptors (Lipinski definition) is 10. The molecule has 4 heterocycles. The smallest absolute Gasteiger partial charge is 0.298 e. The lowest BCUT2D eigenvalue weighted by Crippen LogP contribution is -2.35. The van der Waals surface area contributed by atoms with E-state index in [1.807, 2.05) is 4.90 Å². The molecule has 11 nitrogen and oxygen atoms in total. The molecular weight excluding hydrogens is 422 g/mol. The zero-order valence-electron chi connectivity index (χ0n) is 17.8. The first-order chi connectivity index (χ1) is 16.2. The maximum absolute atomic E-state index is 12.6. The topological polar surface area (TPSA) is 132 Å². The van der Waals surface area contributed by atoms with E-state index in [0.29, 0.717) is 24.2 Å². The molecule has 0 spiro atoms. The predicted molar refractivity (Wildman–Crippen MR) is 121 cm³/mol. The van der Waals surface area contributed by atoms with Gasteiger partial charge in [-0.15, -0.1) is 0 Å². The molecule has 0 radical (unpaired) electrons. The SMILES string of the molecule is O=C(Nc1cnc(NC2Cc3ccccc3C2)nc1)c1coc(N2CCC3=C(C2)NNN3)n1. The van der Waals surface area contributed by atoms with Crippen molar-refractivity contribution >= 4 is 23.6 Å². The van der Waals surface area contributed by atoms with E-state index >= 15 is 0 Å². The second-order valence-electron chi connectivity index (χ2n) is 8.29. The highest BCUT2D eigenvalue weighted by Gasteiger charge is 2.26. The van der Waals surface area contributed by atoms with E-state index in [0.717, 1.165) is 37.2 Å². The van der Waals surface area contributed by atoms with Crippen molar-refractivity contribution < 1.29 is 9.21 Å². The standard InChI is InChI=1S/C22H23N9O2/c32-20(19-12-33-22(27-19)31-6-5-17-18(11-31)29-30-28-17)25-16-9-23-21(24-10-16)26-15-7-13-3-1-2-4-14(13)8-15/h1-4,9-10,12,15,28-30H,5-8,11H2,(H,25,32)(H,23,24,26). The number of rotatable bonds is 5. The molecule has 33 heavy (non-hydrogen) atoms. The van der Waals surface area contributed by atoms with Gasteiger partial charge in [0.05, 0.1) is 36.0 Å². The first-order valence-electron chi connectivity index (χ1n) is 10.9. The van der Waals surface area contributed by atoms with Crippen LogP contribution in [-0.4, -0.2) is 40.0 Å².